The predicted octanol–water partition coefficient (Wildman–Crippen LogP) is 4.83. The van der Waals surface area contributed by atoms with E-state index in [2.05, 4.69) is 10.6 Å². The summed E-state index contributed by atoms with van der Waals surface area (Å²) in [7, 11) is 0. The smallest absolute Gasteiger partial charge is 0.227 e. The number of halogens is 1. The summed E-state index contributed by atoms with van der Waals surface area (Å²) in [5.74, 6) is -0.880. The first-order valence-corrected chi connectivity index (χ1v) is 9.37. The lowest BCUT2D eigenvalue weighted by atomic mass is 9.81. The van der Waals surface area contributed by atoms with Gasteiger partial charge in [0.25, 0.3) is 0 Å². The average Bonchev–Trinajstić information content (AvgIpc) is 2.66. The Labute approximate surface area is 159 Å². The Morgan fingerprint density at radius 2 is 1.41 bits per heavy atom. The number of carbonyl (C=O) groups is 2. The molecule has 0 bridgehead atoms. The molecule has 1 aliphatic carbocycles. The van der Waals surface area contributed by atoms with Gasteiger partial charge in [-0.3, -0.25) is 9.59 Å². The number of anilines is 2. The zero-order chi connectivity index (χ0) is 19.4. The normalized spacial score (nSPS) is 19.4. The molecule has 0 radical (unpaired) electrons. The lowest BCUT2D eigenvalue weighted by Gasteiger charge is -2.27. The first-order valence-electron chi connectivity index (χ1n) is 9.37. The Bertz CT molecular complexity index is 842. The number of benzene rings is 2. The predicted molar refractivity (Wildman–Crippen MR) is 105 cm³/mol. The monoisotopic (exact) mass is 368 g/mol. The maximum absolute atomic E-state index is 13.7. The van der Waals surface area contributed by atoms with Crippen LogP contribution < -0.4 is 10.6 Å². The van der Waals surface area contributed by atoms with Crippen molar-refractivity contribution in [2.45, 2.75) is 39.5 Å². The van der Waals surface area contributed by atoms with E-state index in [0.717, 1.165) is 16.8 Å². The molecule has 2 amide bonds. The van der Waals surface area contributed by atoms with Gasteiger partial charge in [0.1, 0.15) is 5.82 Å². The molecule has 3 rings (SSSR count). The lowest BCUT2D eigenvalue weighted by molar-refractivity contribution is -0.125. The van der Waals surface area contributed by atoms with Crippen molar-refractivity contribution in [2.75, 3.05) is 10.6 Å². The van der Waals surface area contributed by atoms with Crippen molar-refractivity contribution in [1.29, 1.82) is 0 Å². The molecule has 1 fully saturated rings. The van der Waals surface area contributed by atoms with Crippen molar-refractivity contribution >= 4 is 23.2 Å². The SMILES string of the molecule is Cc1ccc(C)c(NC(=O)C2CCC(C(=O)Nc3ccccc3F)CC2)c1. The zero-order valence-electron chi connectivity index (χ0n) is 15.7. The fourth-order valence-corrected chi connectivity index (χ4v) is 3.52. The van der Waals surface area contributed by atoms with Gasteiger partial charge < -0.3 is 10.6 Å². The Morgan fingerprint density at radius 3 is 2.00 bits per heavy atom. The highest BCUT2D eigenvalue weighted by atomic mass is 19.1. The van der Waals surface area contributed by atoms with Crippen LogP contribution in [0.2, 0.25) is 0 Å². The van der Waals surface area contributed by atoms with Gasteiger partial charge in [-0.05, 0) is 68.9 Å². The maximum atomic E-state index is 13.7. The van der Waals surface area contributed by atoms with Gasteiger partial charge in [-0.2, -0.15) is 0 Å². The number of aryl methyl sites for hydroxylation is 2. The summed E-state index contributed by atoms with van der Waals surface area (Å²) in [6, 6.07) is 12.1. The van der Waals surface area contributed by atoms with Crippen LogP contribution in [-0.4, -0.2) is 11.8 Å². The van der Waals surface area contributed by atoms with Crippen molar-refractivity contribution in [1.82, 2.24) is 0 Å². The molecule has 0 aliphatic heterocycles. The minimum atomic E-state index is -0.438. The first kappa shape index (κ1) is 19.1. The van der Waals surface area contributed by atoms with Crippen LogP contribution in [0.25, 0.3) is 0 Å². The minimum absolute atomic E-state index is 0.0108. The average molecular weight is 368 g/mol. The van der Waals surface area contributed by atoms with Gasteiger partial charge in [-0.1, -0.05) is 24.3 Å². The van der Waals surface area contributed by atoms with Gasteiger partial charge in [-0.15, -0.1) is 0 Å². The molecule has 2 N–H and O–H groups in total. The van der Waals surface area contributed by atoms with E-state index in [4.69, 9.17) is 0 Å². The maximum Gasteiger partial charge on any atom is 0.227 e. The standard InChI is InChI=1S/C22H25FN2O2/c1-14-7-8-15(2)20(13-14)25-22(27)17-11-9-16(10-12-17)21(26)24-19-6-4-3-5-18(19)23/h3-8,13,16-17H,9-12H2,1-2H3,(H,24,26)(H,25,27). The molecule has 0 aromatic heterocycles. The summed E-state index contributed by atoms with van der Waals surface area (Å²) in [5.41, 5.74) is 3.19. The van der Waals surface area contributed by atoms with Crippen LogP contribution in [0.1, 0.15) is 36.8 Å². The number of carbonyl (C=O) groups excluding carboxylic acids is 2. The summed E-state index contributed by atoms with van der Waals surface area (Å²) in [6.45, 7) is 3.97. The third-order valence-electron chi connectivity index (χ3n) is 5.25. The second-order valence-corrected chi connectivity index (χ2v) is 7.33. The summed E-state index contributed by atoms with van der Waals surface area (Å²) >= 11 is 0. The zero-order valence-corrected chi connectivity index (χ0v) is 15.7. The van der Waals surface area contributed by atoms with E-state index in [1.807, 2.05) is 32.0 Å². The number of hydrogen-bond acceptors (Lipinski definition) is 2. The van der Waals surface area contributed by atoms with Crippen LogP contribution in [0.5, 0.6) is 0 Å². The van der Waals surface area contributed by atoms with Gasteiger partial charge in [0, 0.05) is 17.5 Å². The highest BCUT2D eigenvalue weighted by Gasteiger charge is 2.30. The molecule has 27 heavy (non-hydrogen) atoms. The molecule has 142 valence electrons. The molecule has 4 nitrogen and oxygen atoms in total. The molecule has 0 unspecified atom stereocenters. The second kappa shape index (κ2) is 8.33. The van der Waals surface area contributed by atoms with Crippen LogP contribution in [0.4, 0.5) is 15.8 Å². The number of nitrogens with one attached hydrogen (secondary N) is 2. The third kappa shape index (κ3) is 4.73. The highest BCUT2D eigenvalue weighted by Crippen LogP contribution is 2.31. The van der Waals surface area contributed by atoms with Crippen molar-refractivity contribution in [3.8, 4) is 0 Å². The van der Waals surface area contributed by atoms with Crippen molar-refractivity contribution < 1.29 is 14.0 Å². The topological polar surface area (TPSA) is 58.2 Å². The van der Waals surface area contributed by atoms with Gasteiger partial charge >= 0.3 is 0 Å². The van der Waals surface area contributed by atoms with Crippen LogP contribution in [-0.2, 0) is 9.59 Å². The van der Waals surface area contributed by atoms with Gasteiger partial charge in [0.15, 0.2) is 0 Å². The van der Waals surface area contributed by atoms with Crippen LogP contribution in [0.3, 0.4) is 0 Å². The van der Waals surface area contributed by atoms with Gasteiger partial charge in [0.05, 0.1) is 5.69 Å². The molecule has 5 heteroatoms. The molecule has 0 atom stereocenters. The molecule has 2 aromatic carbocycles. The number of amides is 2. The molecule has 2 aromatic rings. The lowest BCUT2D eigenvalue weighted by Crippen LogP contribution is -2.32. The number of hydrogen-bond donors (Lipinski definition) is 2. The van der Waals surface area contributed by atoms with E-state index in [1.54, 1.807) is 18.2 Å². The van der Waals surface area contributed by atoms with E-state index in [1.165, 1.54) is 6.07 Å². The molecule has 1 saturated carbocycles. The summed E-state index contributed by atoms with van der Waals surface area (Å²) in [4.78, 5) is 25.0. The van der Waals surface area contributed by atoms with Crippen molar-refractivity contribution in [2.24, 2.45) is 11.8 Å². The second-order valence-electron chi connectivity index (χ2n) is 7.33. The van der Waals surface area contributed by atoms with Crippen LogP contribution in [0, 0.1) is 31.5 Å². The summed E-state index contributed by atoms with van der Waals surface area (Å²) in [6.07, 6.45) is 2.58. The van der Waals surface area contributed by atoms with Crippen LogP contribution in [0.15, 0.2) is 42.5 Å². The fraction of sp³-hybridized carbons (Fsp3) is 0.364. The van der Waals surface area contributed by atoms with Gasteiger partial charge in [-0.25, -0.2) is 4.39 Å². The van der Waals surface area contributed by atoms with E-state index in [-0.39, 0.29) is 29.3 Å². The number of rotatable bonds is 4. The summed E-state index contributed by atoms with van der Waals surface area (Å²) < 4.78 is 13.7. The van der Waals surface area contributed by atoms with Gasteiger partial charge in [0.2, 0.25) is 11.8 Å². The third-order valence-corrected chi connectivity index (χ3v) is 5.25. The molecular weight excluding hydrogens is 343 g/mol. The quantitative estimate of drug-likeness (QED) is 0.812. The number of para-hydroxylation sites is 1. The van der Waals surface area contributed by atoms with Crippen LogP contribution >= 0.6 is 0 Å². The Hall–Kier alpha value is -2.69. The van der Waals surface area contributed by atoms with Crippen molar-refractivity contribution in [3.05, 3.63) is 59.4 Å². The molecule has 0 heterocycles. The molecule has 0 saturated heterocycles. The summed E-state index contributed by atoms with van der Waals surface area (Å²) in [5, 5.41) is 5.69. The minimum Gasteiger partial charge on any atom is -0.326 e. The first-order chi connectivity index (χ1) is 12.9. The van der Waals surface area contributed by atoms with E-state index in [0.29, 0.717) is 25.7 Å². The Morgan fingerprint density at radius 1 is 0.852 bits per heavy atom. The van der Waals surface area contributed by atoms with E-state index >= 15 is 0 Å². The highest BCUT2D eigenvalue weighted by molar-refractivity contribution is 5.95. The Kier molecular flexibility index (Phi) is 5.89. The Balaban J connectivity index is 1.53. The van der Waals surface area contributed by atoms with Crippen molar-refractivity contribution in [3.63, 3.8) is 0 Å². The molecular formula is C22H25FN2O2. The fourth-order valence-electron chi connectivity index (χ4n) is 3.52. The van der Waals surface area contributed by atoms with E-state index in [9.17, 15) is 14.0 Å². The van der Waals surface area contributed by atoms with E-state index < -0.39 is 5.82 Å². The largest absolute Gasteiger partial charge is 0.326 e. The molecule has 0 spiro atoms. The molecule has 1 aliphatic rings.